The van der Waals surface area contributed by atoms with Gasteiger partial charge in [-0.25, -0.2) is 9.37 Å². The van der Waals surface area contributed by atoms with Crippen molar-refractivity contribution in [1.29, 1.82) is 0 Å². The molecule has 0 radical (unpaired) electrons. The molecule has 0 aliphatic heterocycles. The van der Waals surface area contributed by atoms with E-state index in [4.69, 9.17) is 0 Å². The highest BCUT2D eigenvalue weighted by Crippen LogP contribution is 2.32. The van der Waals surface area contributed by atoms with Crippen molar-refractivity contribution in [3.05, 3.63) is 35.1 Å². The SMILES string of the molecule is CCCNc1nc2c(F)cc(C)cc2cc1C(C)(C)C. The predicted octanol–water partition coefficient (Wildman–Crippen LogP) is 4.80. The van der Waals surface area contributed by atoms with Crippen molar-refractivity contribution in [2.45, 2.75) is 46.5 Å². The standard InChI is InChI=1S/C17H23FN2/c1-6-7-19-16-13(17(3,4)5)10-12-8-11(2)9-14(18)15(12)20-16/h8-10H,6-7H2,1-5H3,(H,19,20). The zero-order valence-electron chi connectivity index (χ0n) is 13.0. The highest BCUT2D eigenvalue weighted by Gasteiger charge is 2.20. The molecule has 0 unspecified atom stereocenters. The van der Waals surface area contributed by atoms with Crippen LogP contribution in [0.3, 0.4) is 0 Å². The Morgan fingerprint density at radius 2 is 1.90 bits per heavy atom. The van der Waals surface area contributed by atoms with E-state index in [0.717, 1.165) is 35.3 Å². The molecule has 1 aromatic heterocycles. The van der Waals surface area contributed by atoms with Crippen LogP contribution in [0.5, 0.6) is 0 Å². The molecule has 0 bridgehead atoms. The molecular formula is C17H23FN2. The number of hydrogen-bond acceptors (Lipinski definition) is 2. The smallest absolute Gasteiger partial charge is 0.149 e. The summed E-state index contributed by atoms with van der Waals surface area (Å²) in [5, 5.41) is 4.20. The van der Waals surface area contributed by atoms with Crippen LogP contribution in [0.15, 0.2) is 18.2 Å². The van der Waals surface area contributed by atoms with Gasteiger partial charge in [0.25, 0.3) is 0 Å². The number of aryl methyl sites for hydroxylation is 1. The van der Waals surface area contributed by atoms with Crippen molar-refractivity contribution in [3.63, 3.8) is 0 Å². The van der Waals surface area contributed by atoms with Crippen molar-refractivity contribution in [2.75, 3.05) is 11.9 Å². The van der Waals surface area contributed by atoms with Crippen LogP contribution in [0.4, 0.5) is 10.2 Å². The van der Waals surface area contributed by atoms with Crippen LogP contribution in [-0.4, -0.2) is 11.5 Å². The number of nitrogens with zero attached hydrogens (tertiary/aromatic N) is 1. The summed E-state index contributed by atoms with van der Waals surface area (Å²) in [6.45, 7) is 11.3. The molecule has 0 atom stereocenters. The molecule has 0 spiro atoms. The highest BCUT2D eigenvalue weighted by atomic mass is 19.1. The Hall–Kier alpha value is -1.64. The second-order valence-electron chi connectivity index (χ2n) is 6.38. The molecule has 1 N–H and O–H groups in total. The Balaban J connectivity index is 2.68. The van der Waals surface area contributed by atoms with Gasteiger partial charge in [-0.1, -0.05) is 27.7 Å². The topological polar surface area (TPSA) is 24.9 Å². The molecule has 0 amide bonds. The molecule has 2 rings (SSSR count). The minimum absolute atomic E-state index is 0.0303. The summed E-state index contributed by atoms with van der Waals surface area (Å²) in [6, 6.07) is 5.59. The fraction of sp³-hybridized carbons (Fsp3) is 0.471. The average molecular weight is 274 g/mol. The maximum Gasteiger partial charge on any atom is 0.149 e. The van der Waals surface area contributed by atoms with Crippen LogP contribution in [0.1, 0.15) is 45.2 Å². The molecule has 2 nitrogen and oxygen atoms in total. The molecule has 108 valence electrons. The average Bonchev–Trinajstić information content (AvgIpc) is 2.34. The van der Waals surface area contributed by atoms with E-state index in [-0.39, 0.29) is 11.2 Å². The normalized spacial score (nSPS) is 11.9. The lowest BCUT2D eigenvalue weighted by Gasteiger charge is -2.23. The van der Waals surface area contributed by atoms with Gasteiger partial charge in [0, 0.05) is 17.5 Å². The van der Waals surface area contributed by atoms with Crippen LogP contribution < -0.4 is 5.32 Å². The van der Waals surface area contributed by atoms with E-state index < -0.39 is 0 Å². The third kappa shape index (κ3) is 2.92. The summed E-state index contributed by atoms with van der Waals surface area (Å²) in [7, 11) is 0. The maximum absolute atomic E-state index is 14.1. The largest absolute Gasteiger partial charge is 0.370 e. The van der Waals surface area contributed by atoms with Crippen LogP contribution in [0.2, 0.25) is 0 Å². The van der Waals surface area contributed by atoms with Crippen LogP contribution in [0.25, 0.3) is 10.9 Å². The monoisotopic (exact) mass is 274 g/mol. The van der Waals surface area contributed by atoms with Crippen LogP contribution in [-0.2, 0) is 5.41 Å². The van der Waals surface area contributed by atoms with Crippen LogP contribution >= 0.6 is 0 Å². The van der Waals surface area contributed by atoms with Crippen molar-refractivity contribution in [3.8, 4) is 0 Å². The van der Waals surface area contributed by atoms with Crippen molar-refractivity contribution in [2.24, 2.45) is 0 Å². The van der Waals surface area contributed by atoms with Gasteiger partial charge >= 0.3 is 0 Å². The van der Waals surface area contributed by atoms with E-state index >= 15 is 0 Å². The van der Waals surface area contributed by atoms with E-state index in [0.29, 0.717) is 5.52 Å². The number of halogens is 1. The van der Waals surface area contributed by atoms with Gasteiger partial charge in [0.15, 0.2) is 0 Å². The number of anilines is 1. The van der Waals surface area contributed by atoms with Gasteiger partial charge in [0.05, 0.1) is 0 Å². The fourth-order valence-corrected chi connectivity index (χ4v) is 2.34. The molecule has 1 aromatic carbocycles. The molecule has 2 aromatic rings. The third-order valence-corrected chi connectivity index (χ3v) is 3.37. The Bertz CT molecular complexity index is 627. The minimum Gasteiger partial charge on any atom is -0.370 e. The van der Waals surface area contributed by atoms with Crippen LogP contribution in [0, 0.1) is 12.7 Å². The third-order valence-electron chi connectivity index (χ3n) is 3.37. The molecule has 0 aliphatic rings. The zero-order valence-corrected chi connectivity index (χ0v) is 13.0. The number of hydrogen-bond donors (Lipinski definition) is 1. The van der Waals surface area contributed by atoms with Crippen molar-refractivity contribution in [1.82, 2.24) is 4.98 Å². The first kappa shape index (κ1) is 14.8. The first-order valence-electron chi connectivity index (χ1n) is 7.18. The minimum atomic E-state index is -0.250. The summed E-state index contributed by atoms with van der Waals surface area (Å²) in [4.78, 5) is 4.53. The first-order chi connectivity index (χ1) is 9.32. The van der Waals surface area contributed by atoms with Crippen molar-refractivity contribution < 1.29 is 4.39 Å². The van der Waals surface area contributed by atoms with Gasteiger partial charge in [0.1, 0.15) is 17.2 Å². The quantitative estimate of drug-likeness (QED) is 0.869. The molecule has 0 fully saturated rings. The lowest BCUT2D eigenvalue weighted by Crippen LogP contribution is -2.17. The summed E-state index contributed by atoms with van der Waals surface area (Å²) in [5.41, 5.74) is 2.47. The predicted molar refractivity (Wildman–Crippen MR) is 83.9 cm³/mol. The van der Waals surface area contributed by atoms with Gasteiger partial charge in [-0.05, 0) is 42.5 Å². The summed E-state index contributed by atoms with van der Waals surface area (Å²) in [5.74, 6) is 0.551. The number of fused-ring (bicyclic) bond motifs is 1. The van der Waals surface area contributed by atoms with Gasteiger partial charge in [-0.3, -0.25) is 0 Å². The first-order valence-corrected chi connectivity index (χ1v) is 7.18. The molecule has 20 heavy (non-hydrogen) atoms. The van der Waals surface area contributed by atoms with E-state index in [2.05, 4.69) is 44.1 Å². The lowest BCUT2D eigenvalue weighted by molar-refractivity contribution is 0.589. The van der Waals surface area contributed by atoms with E-state index in [1.807, 2.05) is 13.0 Å². The Labute approximate surface area is 120 Å². The van der Waals surface area contributed by atoms with Gasteiger partial charge in [-0.2, -0.15) is 0 Å². The zero-order chi connectivity index (χ0) is 14.9. The summed E-state index contributed by atoms with van der Waals surface area (Å²) in [6.07, 6.45) is 1.01. The Morgan fingerprint density at radius 1 is 1.20 bits per heavy atom. The molecule has 0 aliphatic carbocycles. The van der Waals surface area contributed by atoms with Crippen molar-refractivity contribution >= 4 is 16.7 Å². The van der Waals surface area contributed by atoms with E-state index in [1.54, 1.807) is 0 Å². The molecule has 0 saturated heterocycles. The Morgan fingerprint density at radius 3 is 2.50 bits per heavy atom. The maximum atomic E-state index is 14.1. The lowest BCUT2D eigenvalue weighted by atomic mass is 9.86. The second-order valence-corrected chi connectivity index (χ2v) is 6.38. The number of rotatable bonds is 3. The number of pyridine rings is 1. The molecule has 3 heteroatoms. The van der Waals surface area contributed by atoms with E-state index in [9.17, 15) is 4.39 Å². The van der Waals surface area contributed by atoms with Gasteiger partial charge in [0.2, 0.25) is 0 Å². The number of benzene rings is 1. The fourth-order valence-electron chi connectivity index (χ4n) is 2.34. The summed E-state index contributed by atoms with van der Waals surface area (Å²) < 4.78 is 14.1. The van der Waals surface area contributed by atoms with Gasteiger partial charge < -0.3 is 5.32 Å². The van der Waals surface area contributed by atoms with E-state index in [1.165, 1.54) is 6.07 Å². The molecule has 1 heterocycles. The number of nitrogens with one attached hydrogen (secondary N) is 1. The second kappa shape index (κ2) is 5.39. The molecule has 0 saturated carbocycles. The summed E-state index contributed by atoms with van der Waals surface area (Å²) >= 11 is 0. The molecular weight excluding hydrogens is 251 g/mol. The number of aromatic nitrogens is 1. The highest BCUT2D eigenvalue weighted by molar-refractivity contribution is 5.83. The van der Waals surface area contributed by atoms with Gasteiger partial charge in [-0.15, -0.1) is 0 Å². The Kier molecular flexibility index (Phi) is 3.98.